The molecule has 1 aromatic carbocycles. The zero-order valence-corrected chi connectivity index (χ0v) is 10.7. The number of halogens is 1. The predicted octanol–water partition coefficient (Wildman–Crippen LogP) is 3.50. The monoisotopic (exact) mass is 255 g/mol. The fourth-order valence-corrected chi connectivity index (χ4v) is 1.74. The fraction of sp³-hybridized carbons (Fsp3) is 0.500. The molecular weight excluding hydrogens is 238 g/mol. The van der Waals surface area contributed by atoms with Gasteiger partial charge >= 0.3 is 0 Å². The van der Waals surface area contributed by atoms with Crippen molar-refractivity contribution in [2.45, 2.75) is 27.3 Å². The third-order valence-electron chi connectivity index (χ3n) is 2.14. The Balaban J connectivity index is 2.54. The van der Waals surface area contributed by atoms with Crippen LogP contribution in [0.1, 0.15) is 25.0 Å². The number of benzene rings is 1. The summed E-state index contributed by atoms with van der Waals surface area (Å²) in [4.78, 5) is 0. The van der Waals surface area contributed by atoms with Crippen LogP contribution < -0.4 is 5.32 Å². The summed E-state index contributed by atoms with van der Waals surface area (Å²) in [5.41, 5.74) is 2.64. The van der Waals surface area contributed by atoms with Gasteiger partial charge in [-0.25, -0.2) is 0 Å². The van der Waals surface area contributed by atoms with E-state index in [2.05, 4.69) is 60.2 Å². The Morgan fingerprint density at radius 1 is 1.36 bits per heavy atom. The summed E-state index contributed by atoms with van der Waals surface area (Å²) < 4.78 is 1.23. The highest BCUT2D eigenvalue weighted by Crippen LogP contribution is 2.20. The van der Waals surface area contributed by atoms with Crippen LogP contribution in [-0.4, -0.2) is 6.54 Å². The van der Waals surface area contributed by atoms with Crippen molar-refractivity contribution in [1.82, 2.24) is 5.32 Å². The van der Waals surface area contributed by atoms with Gasteiger partial charge in [-0.2, -0.15) is 0 Å². The van der Waals surface area contributed by atoms with Gasteiger partial charge in [-0.05, 0) is 30.5 Å². The van der Waals surface area contributed by atoms with Gasteiger partial charge in [-0.1, -0.05) is 48.0 Å². The first kappa shape index (κ1) is 11.7. The molecule has 0 saturated carbocycles. The molecule has 0 fully saturated rings. The molecule has 1 aromatic rings. The van der Waals surface area contributed by atoms with E-state index in [1.54, 1.807) is 0 Å². The molecule has 1 rings (SSSR count). The van der Waals surface area contributed by atoms with Crippen LogP contribution >= 0.6 is 15.9 Å². The van der Waals surface area contributed by atoms with Gasteiger partial charge in [-0.15, -0.1) is 0 Å². The third-order valence-corrected chi connectivity index (χ3v) is 3.27. The Morgan fingerprint density at radius 2 is 2.07 bits per heavy atom. The lowest BCUT2D eigenvalue weighted by molar-refractivity contribution is 0.551. The molecule has 0 unspecified atom stereocenters. The van der Waals surface area contributed by atoms with Crippen molar-refractivity contribution in [2.24, 2.45) is 5.92 Å². The van der Waals surface area contributed by atoms with Gasteiger partial charge in [0.2, 0.25) is 0 Å². The van der Waals surface area contributed by atoms with E-state index in [0.717, 1.165) is 13.1 Å². The van der Waals surface area contributed by atoms with Crippen molar-refractivity contribution in [3.8, 4) is 0 Å². The molecule has 0 amide bonds. The van der Waals surface area contributed by atoms with Crippen LogP contribution in [0.2, 0.25) is 0 Å². The van der Waals surface area contributed by atoms with Gasteiger partial charge in [-0.3, -0.25) is 0 Å². The summed E-state index contributed by atoms with van der Waals surface area (Å²) >= 11 is 3.61. The van der Waals surface area contributed by atoms with E-state index in [0.29, 0.717) is 5.92 Å². The lowest BCUT2D eigenvalue weighted by atomic mass is 10.1. The first-order chi connectivity index (χ1) is 6.61. The van der Waals surface area contributed by atoms with Gasteiger partial charge in [0.15, 0.2) is 0 Å². The topological polar surface area (TPSA) is 12.0 Å². The summed E-state index contributed by atoms with van der Waals surface area (Å²) in [5.74, 6) is 0.707. The zero-order chi connectivity index (χ0) is 10.6. The minimum atomic E-state index is 0.707. The van der Waals surface area contributed by atoms with Gasteiger partial charge in [0.05, 0.1) is 0 Å². The smallest absolute Gasteiger partial charge is 0.0249 e. The Morgan fingerprint density at radius 3 is 2.71 bits per heavy atom. The quantitative estimate of drug-likeness (QED) is 0.869. The molecule has 0 aliphatic carbocycles. The minimum absolute atomic E-state index is 0.707. The summed E-state index contributed by atoms with van der Waals surface area (Å²) in [7, 11) is 0. The maximum atomic E-state index is 3.61. The van der Waals surface area contributed by atoms with Crippen molar-refractivity contribution in [2.75, 3.05) is 6.54 Å². The van der Waals surface area contributed by atoms with E-state index in [9.17, 15) is 0 Å². The number of hydrogen-bond acceptors (Lipinski definition) is 1. The molecule has 0 heterocycles. The van der Waals surface area contributed by atoms with Crippen LogP contribution in [-0.2, 0) is 6.54 Å². The summed E-state index contributed by atoms with van der Waals surface area (Å²) in [5, 5.41) is 3.44. The molecule has 2 heteroatoms. The van der Waals surface area contributed by atoms with E-state index in [1.165, 1.54) is 15.6 Å². The van der Waals surface area contributed by atoms with E-state index >= 15 is 0 Å². The van der Waals surface area contributed by atoms with Crippen LogP contribution in [0.25, 0.3) is 0 Å². The molecule has 0 radical (unpaired) electrons. The Bertz CT molecular complexity index is 294. The van der Waals surface area contributed by atoms with Crippen LogP contribution in [0.15, 0.2) is 22.7 Å². The molecule has 0 aromatic heterocycles. The fourth-order valence-electron chi connectivity index (χ4n) is 1.34. The average molecular weight is 256 g/mol. The van der Waals surface area contributed by atoms with Gasteiger partial charge in [0.25, 0.3) is 0 Å². The van der Waals surface area contributed by atoms with Crippen molar-refractivity contribution in [1.29, 1.82) is 0 Å². The number of hydrogen-bond donors (Lipinski definition) is 1. The maximum Gasteiger partial charge on any atom is 0.0249 e. The first-order valence-electron chi connectivity index (χ1n) is 5.06. The standard InChI is InChI=1S/C12H18BrN/c1-9(2)7-14-8-11-6-4-5-10(3)12(11)13/h4-6,9,14H,7-8H2,1-3H3. The largest absolute Gasteiger partial charge is 0.312 e. The summed E-state index contributed by atoms with van der Waals surface area (Å²) in [6, 6.07) is 6.38. The molecule has 0 saturated heterocycles. The van der Waals surface area contributed by atoms with E-state index < -0.39 is 0 Å². The lowest BCUT2D eigenvalue weighted by Crippen LogP contribution is -2.19. The number of aryl methyl sites for hydroxylation is 1. The second-order valence-electron chi connectivity index (χ2n) is 4.07. The van der Waals surface area contributed by atoms with Crippen LogP contribution in [0.5, 0.6) is 0 Å². The summed E-state index contributed by atoms with van der Waals surface area (Å²) in [6.45, 7) is 8.58. The maximum absolute atomic E-state index is 3.61. The van der Waals surface area contributed by atoms with E-state index in [4.69, 9.17) is 0 Å². The molecule has 14 heavy (non-hydrogen) atoms. The Hall–Kier alpha value is -0.340. The Kier molecular flexibility index (Phi) is 4.63. The van der Waals surface area contributed by atoms with Crippen molar-refractivity contribution >= 4 is 15.9 Å². The molecule has 1 nitrogen and oxygen atoms in total. The molecule has 1 N–H and O–H groups in total. The highest BCUT2D eigenvalue weighted by Gasteiger charge is 2.01. The van der Waals surface area contributed by atoms with E-state index in [-0.39, 0.29) is 0 Å². The SMILES string of the molecule is Cc1cccc(CNCC(C)C)c1Br. The zero-order valence-electron chi connectivity index (χ0n) is 9.10. The van der Waals surface area contributed by atoms with Gasteiger partial charge in [0, 0.05) is 11.0 Å². The van der Waals surface area contributed by atoms with Crippen LogP contribution in [0.3, 0.4) is 0 Å². The lowest BCUT2D eigenvalue weighted by Gasteiger charge is -2.10. The second-order valence-corrected chi connectivity index (χ2v) is 4.87. The third kappa shape index (κ3) is 3.43. The minimum Gasteiger partial charge on any atom is -0.312 e. The molecule has 0 atom stereocenters. The van der Waals surface area contributed by atoms with Gasteiger partial charge in [0.1, 0.15) is 0 Å². The van der Waals surface area contributed by atoms with E-state index in [1.807, 2.05) is 0 Å². The van der Waals surface area contributed by atoms with Crippen molar-refractivity contribution in [3.05, 3.63) is 33.8 Å². The highest BCUT2D eigenvalue weighted by atomic mass is 79.9. The van der Waals surface area contributed by atoms with Gasteiger partial charge < -0.3 is 5.32 Å². The molecule has 0 aliphatic rings. The normalized spacial score (nSPS) is 10.9. The van der Waals surface area contributed by atoms with Crippen LogP contribution in [0.4, 0.5) is 0 Å². The second kappa shape index (κ2) is 5.52. The first-order valence-corrected chi connectivity index (χ1v) is 5.85. The molecular formula is C12H18BrN. The predicted molar refractivity (Wildman–Crippen MR) is 65.4 cm³/mol. The summed E-state index contributed by atoms with van der Waals surface area (Å²) in [6.07, 6.45) is 0. The number of nitrogens with one attached hydrogen (secondary N) is 1. The number of rotatable bonds is 4. The average Bonchev–Trinajstić information content (AvgIpc) is 2.12. The molecule has 0 spiro atoms. The van der Waals surface area contributed by atoms with Crippen LogP contribution in [0, 0.1) is 12.8 Å². The van der Waals surface area contributed by atoms with Crippen molar-refractivity contribution in [3.63, 3.8) is 0 Å². The van der Waals surface area contributed by atoms with Crippen molar-refractivity contribution < 1.29 is 0 Å². The molecule has 78 valence electrons. The Labute approximate surface area is 95.0 Å². The molecule has 0 aliphatic heterocycles. The highest BCUT2D eigenvalue weighted by molar-refractivity contribution is 9.10. The molecule has 0 bridgehead atoms.